The summed E-state index contributed by atoms with van der Waals surface area (Å²) in [6, 6.07) is 7.33. The number of nitrogen functional groups attached to an aromatic ring is 2. The maximum Gasteiger partial charge on any atom is 0.125 e. The van der Waals surface area contributed by atoms with Gasteiger partial charge < -0.3 is 30.4 Å². The van der Waals surface area contributed by atoms with E-state index in [9.17, 15) is 25.9 Å². The Morgan fingerprint density at radius 3 is 1.05 bits per heavy atom. The van der Waals surface area contributed by atoms with E-state index in [1.54, 1.807) is 9.80 Å². The van der Waals surface area contributed by atoms with Gasteiger partial charge in [-0.15, -0.1) is 0 Å². The topological polar surface area (TPSA) is 175 Å². The quantitative estimate of drug-likeness (QED) is 0.183. The van der Waals surface area contributed by atoms with Crippen LogP contribution in [0.4, 0.5) is 11.4 Å². The Hall–Kier alpha value is -2.48. The van der Waals surface area contributed by atoms with Gasteiger partial charge in [0.2, 0.25) is 0 Å². The predicted molar refractivity (Wildman–Crippen MR) is 152 cm³/mol. The first-order chi connectivity index (χ1) is 17.7. The number of hydrogen-bond acceptors (Lipinski definition) is 8. The molecule has 216 valence electrons. The van der Waals surface area contributed by atoms with Crippen molar-refractivity contribution in [2.24, 2.45) is 0 Å². The van der Waals surface area contributed by atoms with Crippen molar-refractivity contribution in [3.8, 4) is 0 Å². The molecule has 0 unspecified atom stereocenters. The van der Waals surface area contributed by atoms with Crippen molar-refractivity contribution in [1.29, 1.82) is 0 Å². The minimum Gasteiger partial charge on any atom is -0.744 e. The lowest BCUT2D eigenvalue weighted by Crippen LogP contribution is -3.11. The number of nitrogens with two attached hydrogens (primary N) is 2. The van der Waals surface area contributed by atoms with E-state index in [0.29, 0.717) is 0 Å². The van der Waals surface area contributed by atoms with Crippen molar-refractivity contribution < 1.29 is 35.7 Å². The van der Waals surface area contributed by atoms with E-state index >= 15 is 0 Å². The van der Waals surface area contributed by atoms with Crippen LogP contribution >= 0.6 is 0 Å². The highest BCUT2D eigenvalue weighted by molar-refractivity contribution is 7.86. The number of anilines is 2. The van der Waals surface area contributed by atoms with Crippen molar-refractivity contribution in [2.45, 2.75) is 51.3 Å². The SMILES string of the molecule is CC[NH+](CC)CC.CC[NH+](CC)CC.Nc1ccc(C=Cc2ccc(N)cc2S(=O)(=O)[O-])c(S(=O)(=O)[O-])c1. The summed E-state index contributed by atoms with van der Waals surface area (Å²) in [6.45, 7) is 21.0. The number of quaternary nitrogens is 2. The average molecular weight is 573 g/mol. The Morgan fingerprint density at radius 1 is 0.605 bits per heavy atom. The third kappa shape index (κ3) is 12.9. The van der Waals surface area contributed by atoms with Gasteiger partial charge >= 0.3 is 0 Å². The first kappa shape index (κ1) is 35.5. The first-order valence-electron chi connectivity index (χ1n) is 12.7. The zero-order valence-electron chi connectivity index (χ0n) is 23.3. The zero-order valence-corrected chi connectivity index (χ0v) is 24.9. The molecular formula is C26H44N4O6S2. The summed E-state index contributed by atoms with van der Waals surface area (Å²) in [4.78, 5) is 2.25. The molecule has 0 radical (unpaired) electrons. The van der Waals surface area contributed by atoms with Crippen molar-refractivity contribution in [2.75, 3.05) is 50.7 Å². The first-order valence-corrected chi connectivity index (χ1v) is 15.6. The molecule has 0 heterocycles. The van der Waals surface area contributed by atoms with Gasteiger partial charge in [-0.3, -0.25) is 0 Å². The van der Waals surface area contributed by atoms with Gasteiger partial charge in [0.1, 0.15) is 20.2 Å². The zero-order chi connectivity index (χ0) is 29.5. The molecule has 38 heavy (non-hydrogen) atoms. The summed E-state index contributed by atoms with van der Waals surface area (Å²) in [5, 5.41) is 0. The molecule has 2 rings (SSSR count). The smallest absolute Gasteiger partial charge is 0.125 e. The van der Waals surface area contributed by atoms with Crippen molar-refractivity contribution in [3.05, 3.63) is 47.5 Å². The Kier molecular flexibility index (Phi) is 16.1. The average Bonchev–Trinajstić information content (AvgIpc) is 2.85. The summed E-state index contributed by atoms with van der Waals surface area (Å²) >= 11 is 0. The summed E-state index contributed by atoms with van der Waals surface area (Å²) in [5.74, 6) is 0. The van der Waals surface area contributed by atoms with E-state index in [0.717, 1.165) is 12.1 Å². The fourth-order valence-electron chi connectivity index (χ4n) is 3.49. The van der Waals surface area contributed by atoms with Gasteiger partial charge in [0.25, 0.3) is 0 Å². The lowest BCUT2D eigenvalue weighted by atomic mass is 10.1. The van der Waals surface area contributed by atoms with Crippen LogP contribution in [0.15, 0.2) is 46.2 Å². The highest BCUT2D eigenvalue weighted by Crippen LogP contribution is 2.24. The highest BCUT2D eigenvalue weighted by atomic mass is 32.2. The third-order valence-corrected chi connectivity index (χ3v) is 7.84. The van der Waals surface area contributed by atoms with Crippen LogP contribution in [0.3, 0.4) is 0 Å². The standard InChI is InChI=1S/C14H14N2O6S2.2C6H15N/c15-11-5-3-9(13(7-11)23(17,18)19)1-2-10-4-6-12(16)8-14(10)24(20,21)22;2*1-4-7(5-2)6-3/h1-8H,15-16H2,(H,17,18,19)(H,20,21,22);2*4-6H2,1-3H3. The normalized spacial score (nSPS) is 11.7. The number of benzene rings is 2. The predicted octanol–water partition coefficient (Wildman–Crippen LogP) is 0.692. The number of hydrogen-bond donors (Lipinski definition) is 4. The van der Waals surface area contributed by atoms with Gasteiger partial charge in [-0.2, -0.15) is 0 Å². The molecule has 0 saturated heterocycles. The molecular weight excluding hydrogens is 528 g/mol. The summed E-state index contributed by atoms with van der Waals surface area (Å²) < 4.78 is 67.7. The van der Waals surface area contributed by atoms with Gasteiger partial charge in [0, 0.05) is 11.4 Å². The molecule has 0 aliphatic carbocycles. The second-order valence-electron chi connectivity index (χ2n) is 8.46. The fraction of sp³-hybridized carbons (Fsp3) is 0.462. The molecule has 0 spiro atoms. The lowest BCUT2D eigenvalue weighted by Gasteiger charge is -2.13. The summed E-state index contributed by atoms with van der Waals surface area (Å²) in [5.41, 5.74) is 11.1. The molecule has 0 bridgehead atoms. The molecule has 2 aromatic rings. The molecule has 0 aromatic heterocycles. The fourth-order valence-corrected chi connectivity index (χ4v) is 4.90. The van der Waals surface area contributed by atoms with E-state index in [1.807, 2.05) is 0 Å². The maximum absolute atomic E-state index is 11.3. The molecule has 0 amide bonds. The largest absolute Gasteiger partial charge is 0.744 e. The van der Waals surface area contributed by atoms with Crippen molar-refractivity contribution in [1.82, 2.24) is 0 Å². The Morgan fingerprint density at radius 2 is 0.868 bits per heavy atom. The Balaban J connectivity index is 0.000000804. The minimum atomic E-state index is -4.79. The molecule has 10 nitrogen and oxygen atoms in total. The molecule has 6 N–H and O–H groups in total. The molecule has 2 aromatic carbocycles. The van der Waals surface area contributed by atoms with Gasteiger partial charge in [-0.1, -0.05) is 24.3 Å². The van der Waals surface area contributed by atoms with Crippen molar-refractivity contribution >= 4 is 43.8 Å². The van der Waals surface area contributed by atoms with Crippen LogP contribution in [-0.2, 0) is 20.2 Å². The third-order valence-electron chi connectivity index (χ3n) is 6.06. The van der Waals surface area contributed by atoms with Crippen LogP contribution in [-0.4, -0.2) is 65.2 Å². The van der Waals surface area contributed by atoms with Crippen molar-refractivity contribution in [3.63, 3.8) is 0 Å². The second kappa shape index (κ2) is 17.2. The number of nitrogens with one attached hydrogen (secondary N) is 2. The summed E-state index contributed by atoms with van der Waals surface area (Å²) in [7, 11) is -9.57. The van der Waals surface area contributed by atoms with Crippen LogP contribution in [0.25, 0.3) is 12.2 Å². The second-order valence-corrected chi connectivity index (χ2v) is 11.2. The van der Waals surface area contributed by atoms with Crippen LogP contribution in [0.2, 0.25) is 0 Å². The van der Waals surface area contributed by atoms with Gasteiger partial charge in [0.15, 0.2) is 0 Å². The minimum absolute atomic E-state index is 0.00488. The molecule has 0 fully saturated rings. The van der Waals surface area contributed by atoms with Gasteiger partial charge in [-0.25, -0.2) is 16.8 Å². The van der Waals surface area contributed by atoms with Gasteiger partial charge in [-0.05, 0) is 76.9 Å². The van der Waals surface area contributed by atoms with E-state index in [-0.39, 0.29) is 22.5 Å². The van der Waals surface area contributed by atoms with Crippen LogP contribution in [0.5, 0.6) is 0 Å². The van der Waals surface area contributed by atoms with E-state index < -0.39 is 30.0 Å². The number of rotatable bonds is 10. The van der Waals surface area contributed by atoms with E-state index in [2.05, 4.69) is 41.5 Å². The maximum atomic E-state index is 11.3. The lowest BCUT2D eigenvalue weighted by molar-refractivity contribution is -0.894. The molecule has 0 aliphatic rings. The monoisotopic (exact) mass is 572 g/mol. The van der Waals surface area contributed by atoms with Gasteiger partial charge in [0.05, 0.1) is 49.1 Å². The molecule has 12 heteroatoms. The molecule has 0 aliphatic heterocycles. The molecule has 0 atom stereocenters. The van der Waals surface area contributed by atoms with Crippen LogP contribution < -0.4 is 21.3 Å². The highest BCUT2D eigenvalue weighted by Gasteiger charge is 2.10. The van der Waals surface area contributed by atoms with Crippen LogP contribution in [0.1, 0.15) is 52.7 Å². The van der Waals surface area contributed by atoms with E-state index in [1.165, 1.54) is 75.7 Å². The van der Waals surface area contributed by atoms with E-state index in [4.69, 9.17) is 11.5 Å². The van der Waals surface area contributed by atoms with Crippen LogP contribution in [0, 0.1) is 0 Å². The Labute approximate surface area is 228 Å². The Bertz CT molecular complexity index is 1120. The summed E-state index contributed by atoms with van der Waals surface area (Å²) in [6.07, 6.45) is 2.40. The molecule has 0 saturated carbocycles.